The molecule has 0 bridgehead atoms. The molecule has 0 aliphatic carbocycles. The van der Waals surface area contributed by atoms with E-state index in [0.717, 1.165) is 11.3 Å². The number of Topliss-reactive ketones (excluding diaryl/α,β-unsaturated/α-hetero) is 1. The van der Waals surface area contributed by atoms with Crippen molar-refractivity contribution < 1.29 is 13.9 Å². The molecule has 1 aromatic heterocycles. The summed E-state index contributed by atoms with van der Waals surface area (Å²) in [6, 6.07) is 9.50. The number of thioether (sulfide) groups is 1. The number of hydrogen-bond donors (Lipinski definition) is 0. The maximum Gasteiger partial charge on any atom is 0.176 e. The topological polar surface area (TPSA) is 39.4 Å². The van der Waals surface area contributed by atoms with E-state index >= 15 is 0 Å². The van der Waals surface area contributed by atoms with E-state index in [1.165, 1.54) is 0 Å². The smallest absolute Gasteiger partial charge is 0.176 e. The molecular weight excluding hydrogens is 284 g/mol. The van der Waals surface area contributed by atoms with Crippen molar-refractivity contribution in [3.63, 3.8) is 0 Å². The second-order valence-corrected chi connectivity index (χ2v) is 6.15. The van der Waals surface area contributed by atoms with E-state index in [2.05, 4.69) is 0 Å². The molecule has 0 amide bonds. The zero-order chi connectivity index (χ0) is 15.2. The van der Waals surface area contributed by atoms with Crippen LogP contribution in [0.2, 0.25) is 0 Å². The number of ether oxygens (including phenoxy) is 1. The fraction of sp³-hybridized carbons (Fsp3) is 0.353. The number of carbonyl (C=O) groups excluding carboxylic acids is 1. The van der Waals surface area contributed by atoms with Crippen LogP contribution in [0.1, 0.15) is 35.5 Å². The van der Waals surface area contributed by atoms with Crippen LogP contribution in [0.5, 0.6) is 5.75 Å². The Bertz CT molecular complexity index is 588. The quantitative estimate of drug-likeness (QED) is 0.706. The van der Waals surface area contributed by atoms with Gasteiger partial charge in [-0.1, -0.05) is 11.6 Å². The molecule has 0 aliphatic rings. The van der Waals surface area contributed by atoms with Crippen LogP contribution in [0, 0.1) is 6.92 Å². The Morgan fingerprint density at radius 3 is 2.81 bits per heavy atom. The zero-order valence-electron chi connectivity index (χ0n) is 12.6. The maximum absolute atomic E-state index is 12.4. The van der Waals surface area contributed by atoms with Crippen molar-refractivity contribution in [1.29, 1.82) is 0 Å². The highest BCUT2D eigenvalue weighted by molar-refractivity contribution is 7.99. The van der Waals surface area contributed by atoms with Gasteiger partial charge in [-0.3, -0.25) is 4.79 Å². The minimum absolute atomic E-state index is 0.0510. The Morgan fingerprint density at radius 1 is 1.33 bits per heavy atom. The standard InChI is InChI=1S/C17H20O3S/c1-12(2)20-17-7-6-13(3)9-15(17)16(18)11-21-10-14-5-4-8-19-14/h4-9,12H,10-11H2,1-3H3. The Balaban J connectivity index is 2.01. The van der Waals surface area contributed by atoms with E-state index < -0.39 is 0 Å². The molecule has 4 heteroatoms. The Morgan fingerprint density at radius 2 is 2.14 bits per heavy atom. The average Bonchev–Trinajstić information content (AvgIpc) is 2.93. The van der Waals surface area contributed by atoms with Gasteiger partial charge in [0.25, 0.3) is 0 Å². The van der Waals surface area contributed by atoms with Crippen LogP contribution in [0.4, 0.5) is 0 Å². The minimum Gasteiger partial charge on any atom is -0.490 e. The van der Waals surface area contributed by atoms with Crippen LogP contribution < -0.4 is 4.74 Å². The van der Waals surface area contributed by atoms with Crippen LogP contribution in [0.15, 0.2) is 41.0 Å². The second kappa shape index (κ2) is 7.36. The summed E-state index contributed by atoms with van der Waals surface area (Å²) in [5, 5.41) is 0. The summed E-state index contributed by atoms with van der Waals surface area (Å²) in [7, 11) is 0. The van der Waals surface area contributed by atoms with Crippen molar-refractivity contribution in [2.75, 3.05) is 5.75 Å². The fourth-order valence-corrected chi connectivity index (χ4v) is 2.74. The predicted molar refractivity (Wildman–Crippen MR) is 86.1 cm³/mol. The summed E-state index contributed by atoms with van der Waals surface area (Å²) in [4.78, 5) is 12.4. The SMILES string of the molecule is Cc1ccc(OC(C)C)c(C(=O)CSCc2ccco2)c1. The molecule has 2 rings (SSSR count). The van der Waals surface area contributed by atoms with Crippen molar-refractivity contribution >= 4 is 17.5 Å². The zero-order valence-corrected chi connectivity index (χ0v) is 13.4. The summed E-state index contributed by atoms with van der Waals surface area (Å²) < 4.78 is 11.0. The molecule has 0 spiro atoms. The molecule has 21 heavy (non-hydrogen) atoms. The molecule has 0 atom stereocenters. The number of hydrogen-bond acceptors (Lipinski definition) is 4. The number of carbonyl (C=O) groups is 1. The number of benzene rings is 1. The lowest BCUT2D eigenvalue weighted by molar-refractivity contribution is 0.101. The van der Waals surface area contributed by atoms with Crippen molar-refractivity contribution in [2.45, 2.75) is 32.6 Å². The fourth-order valence-electron chi connectivity index (χ4n) is 1.94. The monoisotopic (exact) mass is 304 g/mol. The van der Waals surface area contributed by atoms with E-state index in [1.54, 1.807) is 18.0 Å². The third-order valence-electron chi connectivity index (χ3n) is 2.86. The van der Waals surface area contributed by atoms with Gasteiger partial charge in [-0.05, 0) is 45.0 Å². The summed E-state index contributed by atoms with van der Waals surface area (Å²) in [6.45, 7) is 5.89. The van der Waals surface area contributed by atoms with Gasteiger partial charge in [0.15, 0.2) is 5.78 Å². The summed E-state index contributed by atoms with van der Waals surface area (Å²) in [6.07, 6.45) is 1.70. The molecule has 0 aliphatic heterocycles. The van der Waals surface area contributed by atoms with Crippen LogP contribution in [0.3, 0.4) is 0 Å². The molecule has 0 radical (unpaired) electrons. The predicted octanol–water partition coefficient (Wildman–Crippen LogP) is 4.49. The number of aryl methyl sites for hydroxylation is 1. The first kappa shape index (κ1) is 15.7. The van der Waals surface area contributed by atoms with E-state index in [-0.39, 0.29) is 11.9 Å². The first-order valence-electron chi connectivity index (χ1n) is 6.97. The molecule has 3 nitrogen and oxygen atoms in total. The number of rotatable bonds is 7. The summed E-state index contributed by atoms with van der Waals surface area (Å²) in [5.74, 6) is 2.75. The Kier molecular flexibility index (Phi) is 5.51. The average molecular weight is 304 g/mol. The van der Waals surface area contributed by atoms with Crippen molar-refractivity contribution in [2.24, 2.45) is 0 Å². The van der Waals surface area contributed by atoms with Crippen molar-refractivity contribution in [3.05, 3.63) is 53.5 Å². The third kappa shape index (κ3) is 4.67. The van der Waals surface area contributed by atoms with E-state index in [0.29, 0.717) is 22.8 Å². The van der Waals surface area contributed by atoms with Gasteiger partial charge in [0, 0.05) is 0 Å². The number of furan rings is 1. The van der Waals surface area contributed by atoms with E-state index in [4.69, 9.17) is 9.15 Å². The van der Waals surface area contributed by atoms with Crippen LogP contribution in [-0.4, -0.2) is 17.6 Å². The highest BCUT2D eigenvalue weighted by Gasteiger charge is 2.14. The molecule has 0 saturated heterocycles. The highest BCUT2D eigenvalue weighted by Crippen LogP contribution is 2.24. The molecule has 0 unspecified atom stereocenters. The largest absolute Gasteiger partial charge is 0.490 e. The summed E-state index contributed by atoms with van der Waals surface area (Å²) >= 11 is 1.55. The van der Waals surface area contributed by atoms with Crippen molar-refractivity contribution in [1.82, 2.24) is 0 Å². The molecule has 1 heterocycles. The Labute approximate surface area is 129 Å². The van der Waals surface area contributed by atoms with Gasteiger partial charge in [-0.15, -0.1) is 11.8 Å². The van der Waals surface area contributed by atoms with Crippen LogP contribution in [-0.2, 0) is 5.75 Å². The molecule has 2 aromatic rings. The minimum atomic E-state index is 0.0510. The molecule has 112 valence electrons. The number of ketones is 1. The normalized spacial score (nSPS) is 10.9. The van der Waals surface area contributed by atoms with Crippen LogP contribution >= 0.6 is 11.8 Å². The highest BCUT2D eigenvalue weighted by atomic mass is 32.2. The molecular formula is C17H20O3S. The molecule has 1 aromatic carbocycles. The van der Waals surface area contributed by atoms with Gasteiger partial charge >= 0.3 is 0 Å². The van der Waals surface area contributed by atoms with Gasteiger partial charge in [0.05, 0.1) is 29.4 Å². The van der Waals surface area contributed by atoms with E-state index in [9.17, 15) is 4.79 Å². The molecule has 0 N–H and O–H groups in total. The lowest BCUT2D eigenvalue weighted by Gasteiger charge is -2.14. The third-order valence-corrected chi connectivity index (χ3v) is 3.81. The van der Waals surface area contributed by atoms with Gasteiger partial charge in [0.2, 0.25) is 0 Å². The second-order valence-electron chi connectivity index (χ2n) is 5.16. The van der Waals surface area contributed by atoms with Crippen molar-refractivity contribution in [3.8, 4) is 5.75 Å². The Hall–Kier alpha value is -1.68. The molecule has 0 fully saturated rings. The maximum atomic E-state index is 12.4. The molecule has 0 saturated carbocycles. The van der Waals surface area contributed by atoms with Gasteiger partial charge in [-0.25, -0.2) is 0 Å². The van der Waals surface area contributed by atoms with Gasteiger partial charge in [-0.2, -0.15) is 0 Å². The van der Waals surface area contributed by atoms with Gasteiger partial charge in [0.1, 0.15) is 11.5 Å². The van der Waals surface area contributed by atoms with E-state index in [1.807, 2.05) is 51.1 Å². The lowest BCUT2D eigenvalue weighted by atomic mass is 10.1. The summed E-state index contributed by atoms with van der Waals surface area (Å²) in [5.41, 5.74) is 1.72. The first-order chi connectivity index (χ1) is 10.1. The lowest BCUT2D eigenvalue weighted by Crippen LogP contribution is -2.11. The van der Waals surface area contributed by atoms with Gasteiger partial charge < -0.3 is 9.15 Å². The first-order valence-corrected chi connectivity index (χ1v) is 8.12. The van der Waals surface area contributed by atoms with Crippen LogP contribution in [0.25, 0.3) is 0 Å².